The SMILES string of the molecule is CNC(c1cccc(C)c1C)c1occc1C. The van der Waals surface area contributed by atoms with Gasteiger partial charge in [-0.3, -0.25) is 0 Å². The Morgan fingerprint density at radius 1 is 1.06 bits per heavy atom. The highest BCUT2D eigenvalue weighted by Gasteiger charge is 2.19. The summed E-state index contributed by atoms with van der Waals surface area (Å²) in [4.78, 5) is 0. The topological polar surface area (TPSA) is 25.2 Å². The Hall–Kier alpha value is -1.54. The van der Waals surface area contributed by atoms with E-state index in [1.165, 1.54) is 22.3 Å². The first-order chi connectivity index (χ1) is 8.15. The van der Waals surface area contributed by atoms with Crippen LogP contribution in [0.25, 0.3) is 0 Å². The van der Waals surface area contributed by atoms with Crippen molar-refractivity contribution in [2.75, 3.05) is 7.05 Å². The van der Waals surface area contributed by atoms with Crippen LogP contribution in [-0.2, 0) is 0 Å². The van der Waals surface area contributed by atoms with Crippen LogP contribution in [0, 0.1) is 20.8 Å². The van der Waals surface area contributed by atoms with Crippen LogP contribution in [0.2, 0.25) is 0 Å². The molecule has 1 heterocycles. The summed E-state index contributed by atoms with van der Waals surface area (Å²) in [6, 6.07) is 8.53. The minimum atomic E-state index is 0.130. The summed E-state index contributed by atoms with van der Waals surface area (Å²) in [5.41, 5.74) is 5.10. The van der Waals surface area contributed by atoms with Crippen LogP contribution < -0.4 is 5.32 Å². The maximum Gasteiger partial charge on any atom is 0.128 e. The molecule has 2 aromatic rings. The summed E-state index contributed by atoms with van der Waals surface area (Å²) in [5.74, 6) is 1.00. The fraction of sp³-hybridized carbons (Fsp3) is 0.333. The number of hydrogen-bond acceptors (Lipinski definition) is 2. The average molecular weight is 229 g/mol. The van der Waals surface area contributed by atoms with Gasteiger partial charge in [0.1, 0.15) is 5.76 Å². The first-order valence-corrected chi connectivity index (χ1v) is 5.92. The molecule has 0 aliphatic carbocycles. The van der Waals surface area contributed by atoms with Gasteiger partial charge in [0.05, 0.1) is 12.3 Å². The van der Waals surface area contributed by atoms with E-state index in [4.69, 9.17) is 4.42 Å². The molecule has 90 valence electrons. The lowest BCUT2D eigenvalue weighted by molar-refractivity contribution is 0.459. The highest BCUT2D eigenvalue weighted by atomic mass is 16.3. The van der Waals surface area contributed by atoms with Crippen LogP contribution >= 0.6 is 0 Å². The lowest BCUT2D eigenvalue weighted by Crippen LogP contribution is -2.19. The Kier molecular flexibility index (Phi) is 3.34. The molecule has 2 rings (SSSR count). The maximum atomic E-state index is 5.60. The Morgan fingerprint density at radius 3 is 2.41 bits per heavy atom. The standard InChI is InChI=1S/C15H19NO/c1-10-6-5-7-13(12(10)3)14(16-4)15-11(2)8-9-17-15/h5-9,14,16H,1-4H3. The van der Waals surface area contributed by atoms with Gasteiger partial charge < -0.3 is 9.73 Å². The molecular formula is C15H19NO. The van der Waals surface area contributed by atoms with Crippen molar-refractivity contribution in [1.82, 2.24) is 5.32 Å². The predicted octanol–water partition coefficient (Wildman–Crippen LogP) is 3.51. The summed E-state index contributed by atoms with van der Waals surface area (Å²) >= 11 is 0. The molecule has 0 saturated heterocycles. The predicted molar refractivity (Wildman–Crippen MR) is 70.3 cm³/mol. The highest BCUT2D eigenvalue weighted by molar-refractivity contribution is 5.39. The molecule has 1 aromatic carbocycles. The normalized spacial score (nSPS) is 12.7. The zero-order chi connectivity index (χ0) is 12.4. The second-order valence-electron chi connectivity index (χ2n) is 4.48. The van der Waals surface area contributed by atoms with E-state index in [1.54, 1.807) is 6.26 Å². The molecule has 0 spiro atoms. The second-order valence-corrected chi connectivity index (χ2v) is 4.48. The monoisotopic (exact) mass is 229 g/mol. The summed E-state index contributed by atoms with van der Waals surface area (Å²) in [7, 11) is 1.97. The molecule has 0 aliphatic heterocycles. The molecule has 0 saturated carbocycles. The van der Waals surface area contributed by atoms with E-state index in [2.05, 4.69) is 44.3 Å². The molecule has 0 radical (unpaired) electrons. The van der Waals surface area contributed by atoms with Crippen molar-refractivity contribution in [1.29, 1.82) is 0 Å². The lowest BCUT2D eigenvalue weighted by Gasteiger charge is -2.18. The van der Waals surface area contributed by atoms with Crippen LogP contribution in [0.15, 0.2) is 34.9 Å². The molecule has 1 N–H and O–H groups in total. The first kappa shape index (κ1) is 11.9. The van der Waals surface area contributed by atoms with Crippen molar-refractivity contribution in [3.8, 4) is 0 Å². The number of rotatable bonds is 3. The summed E-state index contributed by atoms with van der Waals surface area (Å²) < 4.78 is 5.60. The van der Waals surface area contributed by atoms with Gasteiger partial charge in [0.25, 0.3) is 0 Å². The van der Waals surface area contributed by atoms with Crippen molar-refractivity contribution >= 4 is 0 Å². The maximum absolute atomic E-state index is 5.60. The van der Waals surface area contributed by atoms with Crippen molar-refractivity contribution in [3.63, 3.8) is 0 Å². The molecule has 0 bridgehead atoms. The van der Waals surface area contributed by atoms with E-state index >= 15 is 0 Å². The minimum Gasteiger partial charge on any atom is -0.467 e. The van der Waals surface area contributed by atoms with E-state index in [-0.39, 0.29) is 6.04 Å². The third-order valence-electron chi connectivity index (χ3n) is 3.41. The van der Waals surface area contributed by atoms with Crippen LogP contribution in [0.3, 0.4) is 0 Å². The van der Waals surface area contributed by atoms with Gasteiger partial charge >= 0.3 is 0 Å². The highest BCUT2D eigenvalue weighted by Crippen LogP contribution is 2.28. The van der Waals surface area contributed by atoms with Crippen LogP contribution in [0.4, 0.5) is 0 Å². The van der Waals surface area contributed by atoms with E-state index in [9.17, 15) is 0 Å². The Labute approximate surface area is 103 Å². The van der Waals surface area contributed by atoms with E-state index in [0.717, 1.165) is 5.76 Å². The summed E-state index contributed by atoms with van der Waals surface area (Å²) in [5, 5.41) is 3.34. The van der Waals surface area contributed by atoms with Gasteiger partial charge in [0.15, 0.2) is 0 Å². The lowest BCUT2D eigenvalue weighted by atomic mass is 9.95. The smallest absolute Gasteiger partial charge is 0.128 e. The van der Waals surface area contributed by atoms with Gasteiger partial charge in [-0.1, -0.05) is 18.2 Å². The number of furan rings is 1. The number of hydrogen-bond donors (Lipinski definition) is 1. The Bertz CT molecular complexity index is 513. The van der Waals surface area contributed by atoms with Crippen molar-refractivity contribution in [2.24, 2.45) is 0 Å². The molecule has 0 fully saturated rings. The quantitative estimate of drug-likeness (QED) is 0.871. The largest absolute Gasteiger partial charge is 0.467 e. The third-order valence-corrected chi connectivity index (χ3v) is 3.41. The van der Waals surface area contributed by atoms with Gasteiger partial charge in [0.2, 0.25) is 0 Å². The van der Waals surface area contributed by atoms with Crippen molar-refractivity contribution in [2.45, 2.75) is 26.8 Å². The van der Waals surface area contributed by atoms with Gasteiger partial charge in [0, 0.05) is 0 Å². The van der Waals surface area contributed by atoms with Crippen LogP contribution in [0.5, 0.6) is 0 Å². The zero-order valence-corrected chi connectivity index (χ0v) is 10.9. The molecule has 0 amide bonds. The zero-order valence-electron chi connectivity index (χ0n) is 10.9. The molecule has 17 heavy (non-hydrogen) atoms. The van der Waals surface area contributed by atoms with Gasteiger partial charge in [-0.05, 0) is 56.1 Å². The molecule has 1 unspecified atom stereocenters. The molecule has 0 aliphatic rings. The molecule has 2 heteroatoms. The fourth-order valence-electron chi connectivity index (χ4n) is 2.19. The number of benzene rings is 1. The molecule has 1 aromatic heterocycles. The van der Waals surface area contributed by atoms with Crippen LogP contribution in [0.1, 0.15) is 34.1 Å². The van der Waals surface area contributed by atoms with Gasteiger partial charge in [-0.25, -0.2) is 0 Å². The van der Waals surface area contributed by atoms with Gasteiger partial charge in [-0.2, -0.15) is 0 Å². The van der Waals surface area contributed by atoms with E-state index in [0.29, 0.717) is 0 Å². The minimum absolute atomic E-state index is 0.130. The number of aryl methyl sites for hydroxylation is 2. The van der Waals surface area contributed by atoms with Crippen molar-refractivity contribution in [3.05, 3.63) is 58.5 Å². The molecule has 1 atom stereocenters. The second kappa shape index (κ2) is 4.76. The molecule has 2 nitrogen and oxygen atoms in total. The first-order valence-electron chi connectivity index (χ1n) is 5.92. The Balaban J connectivity index is 2.50. The van der Waals surface area contributed by atoms with E-state index < -0.39 is 0 Å². The van der Waals surface area contributed by atoms with Crippen molar-refractivity contribution < 1.29 is 4.42 Å². The average Bonchev–Trinajstić information content (AvgIpc) is 2.72. The summed E-state index contributed by atoms with van der Waals surface area (Å²) in [6.07, 6.45) is 1.75. The third kappa shape index (κ3) is 2.13. The van der Waals surface area contributed by atoms with Gasteiger partial charge in [-0.15, -0.1) is 0 Å². The molecular weight excluding hydrogens is 210 g/mol. The number of nitrogens with one attached hydrogen (secondary N) is 1. The van der Waals surface area contributed by atoms with E-state index in [1.807, 2.05) is 13.1 Å². The Morgan fingerprint density at radius 2 is 1.82 bits per heavy atom. The fourth-order valence-corrected chi connectivity index (χ4v) is 2.19. The van der Waals surface area contributed by atoms with Crippen LogP contribution in [-0.4, -0.2) is 7.05 Å². The summed E-state index contributed by atoms with van der Waals surface area (Å²) in [6.45, 7) is 6.38.